The molecule has 4 nitrogen and oxygen atoms in total. The van der Waals surface area contributed by atoms with E-state index in [1.807, 2.05) is 31.2 Å². The first-order valence-electron chi connectivity index (χ1n) is 4.55. The number of hydrogen-bond acceptors (Lipinski definition) is 3. The predicted octanol–water partition coefficient (Wildman–Crippen LogP) is 0.891. The Morgan fingerprint density at radius 1 is 1.57 bits per heavy atom. The minimum atomic E-state index is 0.142. The second-order valence-electron chi connectivity index (χ2n) is 2.97. The van der Waals surface area contributed by atoms with Crippen molar-refractivity contribution in [3.8, 4) is 0 Å². The third-order valence-corrected chi connectivity index (χ3v) is 1.91. The number of amidine groups is 1. The standard InChI is InChI=1S/C10H15N3O/c1-2-12-7-8-4-3-5-9(6-8)10(11)13-14/h3-6,12,14H,2,7H2,1H3,(H2,11,13). The highest BCUT2D eigenvalue weighted by Crippen LogP contribution is 2.04. The van der Waals surface area contributed by atoms with Gasteiger partial charge in [-0.25, -0.2) is 0 Å². The first kappa shape index (κ1) is 10.5. The number of rotatable bonds is 4. The van der Waals surface area contributed by atoms with Gasteiger partial charge in [0.1, 0.15) is 0 Å². The van der Waals surface area contributed by atoms with E-state index < -0.39 is 0 Å². The second-order valence-corrected chi connectivity index (χ2v) is 2.97. The van der Waals surface area contributed by atoms with E-state index >= 15 is 0 Å². The average molecular weight is 193 g/mol. The maximum atomic E-state index is 8.50. The fourth-order valence-electron chi connectivity index (χ4n) is 1.17. The normalized spacial score (nSPS) is 11.6. The van der Waals surface area contributed by atoms with Crippen molar-refractivity contribution >= 4 is 5.84 Å². The molecule has 1 aromatic rings. The fraction of sp³-hybridized carbons (Fsp3) is 0.300. The summed E-state index contributed by atoms with van der Waals surface area (Å²) < 4.78 is 0. The molecule has 0 amide bonds. The Bertz CT molecular complexity index is 323. The van der Waals surface area contributed by atoms with Gasteiger partial charge in [-0.3, -0.25) is 0 Å². The van der Waals surface area contributed by atoms with Crippen molar-refractivity contribution in [2.45, 2.75) is 13.5 Å². The molecule has 0 saturated heterocycles. The lowest BCUT2D eigenvalue weighted by Crippen LogP contribution is -2.15. The smallest absolute Gasteiger partial charge is 0.170 e. The van der Waals surface area contributed by atoms with Gasteiger partial charge < -0.3 is 16.3 Å². The minimum absolute atomic E-state index is 0.142. The molecule has 4 heteroatoms. The van der Waals surface area contributed by atoms with Gasteiger partial charge in [0.2, 0.25) is 0 Å². The zero-order valence-electron chi connectivity index (χ0n) is 8.20. The molecule has 0 spiro atoms. The van der Waals surface area contributed by atoms with Crippen molar-refractivity contribution in [2.24, 2.45) is 10.9 Å². The minimum Gasteiger partial charge on any atom is -0.409 e. The summed E-state index contributed by atoms with van der Waals surface area (Å²) in [5.74, 6) is 0.142. The molecule has 0 aliphatic rings. The lowest BCUT2D eigenvalue weighted by atomic mass is 10.1. The van der Waals surface area contributed by atoms with Crippen LogP contribution in [0.5, 0.6) is 0 Å². The van der Waals surface area contributed by atoms with Crippen molar-refractivity contribution in [1.82, 2.24) is 5.32 Å². The summed E-state index contributed by atoms with van der Waals surface area (Å²) >= 11 is 0. The molecule has 0 saturated carbocycles. The number of nitrogens with two attached hydrogens (primary N) is 1. The molecule has 0 aliphatic carbocycles. The highest BCUT2D eigenvalue weighted by atomic mass is 16.4. The number of hydrogen-bond donors (Lipinski definition) is 3. The van der Waals surface area contributed by atoms with Crippen LogP contribution < -0.4 is 11.1 Å². The van der Waals surface area contributed by atoms with Crippen molar-refractivity contribution in [3.63, 3.8) is 0 Å². The quantitative estimate of drug-likeness (QED) is 0.288. The fourth-order valence-corrected chi connectivity index (χ4v) is 1.17. The van der Waals surface area contributed by atoms with Crippen LogP contribution in [0, 0.1) is 0 Å². The molecule has 0 aliphatic heterocycles. The van der Waals surface area contributed by atoms with Crippen molar-refractivity contribution < 1.29 is 5.21 Å². The van der Waals surface area contributed by atoms with Gasteiger partial charge in [-0.15, -0.1) is 0 Å². The molecule has 0 aromatic heterocycles. The summed E-state index contributed by atoms with van der Waals surface area (Å²) in [5.41, 5.74) is 7.33. The zero-order valence-corrected chi connectivity index (χ0v) is 8.20. The van der Waals surface area contributed by atoms with E-state index in [4.69, 9.17) is 10.9 Å². The highest BCUT2D eigenvalue weighted by Gasteiger charge is 1.99. The van der Waals surface area contributed by atoms with Crippen LogP contribution in [-0.2, 0) is 6.54 Å². The van der Waals surface area contributed by atoms with Crippen LogP contribution >= 0.6 is 0 Å². The number of nitrogens with zero attached hydrogens (tertiary/aromatic N) is 1. The van der Waals surface area contributed by atoms with Crippen molar-refractivity contribution in [2.75, 3.05) is 6.54 Å². The van der Waals surface area contributed by atoms with E-state index in [9.17, 15) is 0 Å². The SMILES string of the molecule is CCNCc1cccc(C(N)=NO)c1. The largest absolute Gasteiger partial charge is 0.409 e. The summed E-state index contributed by atoms with van der Waals surface area (Å²) in [6.07, 6.45) is 0. The molecule has 0 radical (unpaired) electrons. The Balaban J connectivity index is 2.79. The number of benzene rings is 1. The van der Waals surface area contributed by atoms with Crippen molar-refractivity contribution in [1.29, 1.82) is 0 Å². The second kappa shape index (κ2) is 5.24. The molecule has 1 aromatic carbocycles. The maximum Gasteiger partial charge on any atom is 0.170 e. The van der Waals surface area contributed by atoms with Gasteiger partial charge in [0.15, 0.2) is 5.84 Å². The average Bonchev–Trinajstić information content (AvgIpc) is 2.25. The molecule has 0 fully saturated rings. The van der Waals surface area contributed by atoms with Crippen LogP contribution in [0.4, 0.5) is 0 Å². The topological polar surface area (TPSA) is 70.6 Å². The van der Waals surface area contributed by atoms with Crippen LogP contribution in [0.2, 0.25) is 0 Å². The Morgan fingerprint density at radius 3 is 3.00 bits per heavy atom. The maximum absolute atomic E-state index is 8.50. The summed E-state index contributed by atoms with van der Waals surface area (Å²) in [7, 11) is 0. The Hall–Kier alpha value is -1.55. The zero-order chi connectivity index (χ0) is 10.4. The van der Waals surface area contributed by atoms with Crippen LogP contribution in [0.25, 0.3) is 0 Å². The monoisotopic (exact) mass is 193 g/mol. The van der Waals surface area contributed by atoms with E-state index in [1.54, 1.807) is 0 Å². The Kier molecular flexibility index (Phi) is 3.94. The van der Waals surface area contributed by atoms with Crippen molar-refractivity contribution in [3.05, 3.63) is 35.4 Å². The molecular formula is C10H15N3O. The number of nitrogens with one attached hydrogen (secondary N) is 1. The molecule has 0 atom stereocenters. The highest BCUT2D eigenvalue weighted by molar-refractivity contribution is 5.97. The summed E-state index contributed by atoms with van der Waals surface area (Å²) in [5, 5.41) is 14.7. The summed E-state index contributed by atoms with van der Waals surface area (Å²) in [6, 6.07) is 7.60. The van der Waals surface area contributed by atoms with Gasteiger partial charge in [0.25, 0.3) is 0 Å². The Labute approximate surface area is 83.4 Å². The molecule has 0 bridgehead atoms. The lowest BCUT2D eigenvalue weighted by Gasteiger charge is -2.04. The van der Waals surface area contributed by atoms with Crippen LogP contribution in [0.3, 0.4) is 0 Å². The molecule has 76 valence electrons. The summed E-state index contributed by atoms with van der Waals surface area (Å²) in [4.78, 5) is 0. The molecule has 4 N–H and O–H groups in total. The van der Waals surface area contributed by atoms with E-state index in [2.05, 4.69) is 10.5 Å². The molecule has 0 unspecified atom stereocenters. The summed E-state index contributed by atoms with van der Waals surface area (Å²) in [6.45, 7) is 3.77. The molecule has 14 heavy (non-hydrogen) atoms. The number of oxime groups is 1. The van der Waals surface area contributed by atoms with Gasteiger partial charge in [0, 0.05) is 12.1 Å². The predicted molar refractivity (Wildman–Crippen MR) is 56.3 cm³/mol. The van der Waals surface area contributed by atoms with E-state index in [-0.39, 0.29) is 5.84 Å². The van der Waals surface area contributed by atoms with Gasteiger partial charge in [-0.05, 0) is 18.2 Å². The third-order valence-electron chi connectivity index (χ3n) is 1.91. The van der Waals surface area contributed by atoms with Crippen LogP contribution in [0.15, 0.2) is 29.4 Å². The molecular weight excluding hydrogens is 178 g/mol. The Morgan fingerprint density at radius 2 is 2.36 bits per heavy atom. The van der Waals surface area contributed by atoms with Gasteiger partial charge in [-0.1, -0.05) is 30.3 Å². The van der Waals surface area contributed by atoms with Gasteiger partial charge in [-0.2, -0.15) is 0 Å². The van der Waals surface area contributed by atoms with E-state index in [0.717, 1.165) is 24.2 Å². The molecule has 1 rings (SSSR count). The van der Waals surface area contributed by atoms with Gasteiger partial charge in [0.05, 0.1) is 0 Å². The van der Waals surface area contributed by atoms with E-state index in [0.29, 0.717) is 0 Å². The van der Waals surface area contributed by atoms with Crippen LogP contribution in [0.1, 0.15) is 18.1 Å². The van der Waals surface area contributed by atoms with Crippen LogP contribution in [-0.4, -0.2) is 17.6 Å². The first-order valence-corrected chi connectivity index (χ1v) is 4.55. The van der Waals surface area contributed by atoms with Gasteiger partial charge >= 0.3 is 0 Å². The lowest BCUT2D eigenvalue weighted by molar-refractivity contribution is 0.318. The van der Waals surface area contributed by atoms with E-state index in [1.165, 1.54) is 0 Å². The first-order chi connectivity index (χ1) is 6.77. The molecule has 0 heterocycles. The third kappa shape index (κ3) is 2.74.